The molecule has 3 heteroatoms. The van der Waals surface area contributed by atoms with Crippen LogP contribution in [0.5, 0.6) is 0 Å². The van der Waals surface area contributed by atoms with E-state index in [0.29, 0.717) is 12.0 Å². The van der Waals surface area contributed by atoms with Gasteiger partial charge >= 0.3 is 0 Å². The Morgan fingerprint density at radius 2 is 2.26 bits per heavy atom. The van der Waals surface area contributed by atoms with Crippen molar-refractivity contribution in [1.82, 2.24) is 5.32 Å². The predicted octanol–water partition coefficient (Wildman–Crippen LogP) is 3.16. The summed E-state index contributed by atoms with van der Waals surface area (Å²) in [4.78, 5) is 0. The summed E-state index contributed by atoms with van der Waals surface area (Å²) < 4.78 is 19.3. The highest BCUT2D eigenvalue weighted by Crippen LogP contribution is 2.22. The zero-order valence-corrected chi connectivity index (χ0v) is 11.7. The first-order chi connectivity index (χ1) is 9.29. The fourth-order valence-electron chi connectivity index (χ4n) is 2.83. The molecule has 1 heterocycles. The van der Waals surface area contributed by atoms with E-state index < -0.39 is 0 Å². The van der Waals surface area contributed by atoms with Gasteiger partial charge < -0.3 is 10.1 Å². The number of hydrogen-bond donors (Lipinski definition) is 1. The second kappa shape index (κ2) is 7.61. The summed E-state index contributed by atoms with van der Waals surface area (Å²) in [7, 11) is 1.96. The van der Waals surface area contributed by atoms with Crippen molar-refractivity contribution < 1.29 is 9.13 Å². The Labute approximate surface area is 115 Å². The van der Waals surface area contributed by atoms with Gasteiger partial charge in [-0.15, -0.1) is 0 Å². The van der Waals surface area contributed by atoms with Crippen molar-refractivity contribution in [1.29, 1.82) is 0 Å². The molecule has 2 nitrogen and oxygen atoms in total. The lowest BCUT2D eigenvalue weighted by Gasteiger charge is -2.19. The predicted molar refractivity (Wildman–Crippen MR) is 75.7 cm³/mol. The highest BCUT2D eigenvalue weighted by atomic mass is 19.1. The molecule has 0 amide bonds. The van der Waals surface area contributed by atoms with Crippen LogP contribution in [0.2, 0.25) is 0 Å². The maximum atomic E-state index is 13.7. The number of benzene rings is 1. The molecule has 2 rings (SSSR count). The Morgan fingerprint density at radius 1 is 1.42 bits per heavy atom. The molecule has 1 aliphatic rings. The van der Waals surface area contributed by atoms with Gasteiger partial charge in [-0.25, -0.2) is 4.39 Å². The lowest BCUT2D eigenvalue weighted by atomic mass is 9.92. The van der Waals surface area contributed by atoms with Crippen LogP contribution in [0.3, 0.4) is 0 Å². The van der Waals surface area contributed by atoms with Gasteiger partial charge in [0, 0.05) is 6.61 Å². The highest BCUT2D eigenvalue weighted by Gasteiger charge is 2.18. The zero-order chi connectivity index (χ0) is 13.5. The topological polar surface area (TPSA) is 21.3 Å². The molecule has 0 bridgehead atoms. The first kappa shape index (κ1) is 14.5. The summed E-state index contributed by atoms with van der Waals surface area (Å²) in [5.41, 5.74) is 0.829. The van der Waals surface area contributed by atoms with E-state index in [4.69, 9.17) is 4.74 Å². The van der Waals surface area contributed by atoms with Crippen LogP contribution in [-0.4, -0.2) is 26.3 Å². The van der Waals surface area contributed by atoms with E-state index in [-0.39, 0.29) is 5.82 Å². The van der Waals surface area contributed by atoms with Gasteiger partial charge in [0.25, 0.3) is 0 Å². The smallest absolute Gasteiger partial charge is 0.126 e. The van der Waals surface area contributed by atoms with E-state index in [1.165, 1.54) is 12.8 Å². The van der Waals surface area contributed by atoms with Crippen molar-refractivity contribution in [3.8, 4) is 0 Å². The van der Waals surface area contributed by atoms with Gasteiger partial charge in [0.05, 0.1) is 6.10 Å². The quantitative estimate of drug-likeness (QED) is 0.817. The Balaban J connectivity index is 1.86. The van der Waals surface area contributed by atoms with Crippen molar-refractivity contribution in [2.24, 2.45) is 5.92 Å². The SMILES string of the molecule is CNCC(CCC1CCCO1)Cc1ccccc1F. The second-order valence-corrected chi connectivity index (χ2v) is 5.43. The van der Waals surface area contributed by atoms with Gasteiger partial charge in [0.2, 0.25) is 0 Å². The van der Waals surface area contributed by atoms with Crippen LogP contribution in [0, 0.1) is 11.7 Å². The molecule has 1 aromatic carbocycles. The number of hydrogen-bond acceptors (Lipinski definition) is 2. The third kappa shape index (κ3) is 4.59. The van der Waals surface area contributed by atoms with E-state index >= 15 is 0 Å². The van der Waals surface area contributed by atoms with E-state index in [9.17, 15) is 4.39 Å². The van der Waals surface area contributed by atoms with Crippen molar-refractivity contribution in [3.05, 3.63) is 35.6 Å². The van der Waals surface area contributed by atoms with Crippen LogP contribution in [0.15, 0.2) is 24.3 Å². The number of nitrogens with one attached hydrogen (secondary N) is 1. The maximum absolute atomic E-state index is 13.7. The van der Waals surface area contributed by atoms with Gasteiger partial charge in [-0.2, -0.15) is 0 Å². The Bertz CT molecular complexity index is 377. The molecule has 0 aliphatic carbocycles. The minimum Gasteiger partial charge on any atom is -0.378 e. The van der Waals surface area contributed by atoms with Gasteiger partial charge in [-0.3, -0.25) is 0 Å². The third-order valence-corrected chi connectivity index (χ3v) is 3.88. The number of halogens is 1. The summed E-state index contributed by atoms with van der Waals surface area (Å²) in [6.07, 6.45) is 5.81. The Hall–Kier alpha value is -0.930. The zero-order valence-electron chi connectivity index (χ0n) is 11.7. The molecule has 1 aliphatic heterocycles. The second-order valence-electron chi connectivity index (χ2n) is 5.43. The van der Waals surface area contributed by atoms with Crippen LogP contribution in [-0.2, 0) is 11.2 Å². The molecular formula is C16H24FNO. The van der Waals surface area contributed by atoms with Crippen LogP contribution in [0.1, 0.15) is 31.2 Å². The molecule has 1 saturated heterocycles. The molecule has 1 N–H and O–H groups in total. The summed E-state index contributed by atoms with van der Waals surface area (Å²) in [5.74, 6) is 0.395. The molecule has 1 fully saturated rings. The Morgan fingerprint density at radius 3 is 2.95 bits per heavy atom. The summed E-state index contributed by atoms with van der Waals surface area (Å²) in [6.45, 7) is 1.84. The molecule has 2 unspecified atom stereocenters. The molecule has 0 saturated carbocycles. The molecule has 1 aromatic rings. The lowest BCUT2D eigenvalue weighted by Crippen LogP contribution is -2.22. The molecule has 0 aromatic heterocycles. The van der Waals surface area contributed by atoms with Crippen molar-refractivity contribution in [2.75, 3.05) is 20.2 Å². The first-order valence-corrected chi connectivity index (χ1v) is 7.29. The van der Waals surface area contributed by atoms with E-state index in [2.05, 4.69) is 5.32 Å². The average molecular weight is 265 g/mol. The monoisotopic (exact) mass is 265 g/mol. The van der Waals surface area contributed by atoms with Crippen LogP contribution in [0.25, 0.3) is 0 Å². The van der Waals surface area contributed by atoms with E-state index in [0.717, 1.165) is 38.0 Å². The largest absolute Gasteiger partial charge is 0.378 e. The summed E-state index contributed by atoms with van der Waals surface area (Å²) in [5, 5.41) is 3.22. The minimum absolute atomic E-state index is 0.0827. The van der Waals surface area contributed by atoms with Crippen molar-refractivity contribution in [3.63, 3.8) is 0 Å². The van der Waals surface area contributed by atoms with Gasteiger partial charge in [-0.05, 0) is 63.2 Å². The minimum atomic E-state index is -0.0827. The van der Waals surface area contributed by atoms with Gasteiger partial charge in [0.1, 0.15) is 5.82 Å². The molecule has 19 heavy (non-hydrogen) atoms. The van der Waals surface area contributed by atoms with Gasteiger partial charge in [0.15, 0.2) is 0 Å². The van der Waals surface area contributed by atoms with Crippen molar-refractivity contribution >= 4 is 0 Å². The molecular weight excluding hydrogens is 241 g/mol. The fourth-order valence-corrected chi connectivity index (χ4v) is 2.83. The number of ether oxygens (including phenoxy) is 1. The summed E-state index contributed by atoms with van der Waals surface area (Å²) >= 11 is 0. The fraction of sp³-hybridized carbons (Fsp3) is 0.625. The highest BCUT2D eigenvalue weighted by molar-refractivity contribution is 5.17. The first-order valence-electron chi connectivity index (χ1n) is 7.29. The molecule has 2 atom stereocenters. The maximum Gasteiger partial charge on any atom is 0.126 e. The molecule has 0 spiro atoms. The van der Waals surface area contributed by atoms with Crippen molar-refractivity contribution in [2.45, 2.75) is 38.2 Å². The van der Waals surface area contributed by atoms with Crippen LogP contribution in [0.4, 0.5) is 4.39 Å². The van der Waals surface area contributed by atoms with Crippen LogP contribution < -0.4 is 5.32 Å². The molecule has 106 valence electrons. The lowest BCUT2D eigenvalue weighted by molar-refractivity contribution is 0.0980. The van der Waals surface area contributed by atoms with Crippen LogP contribution >= 0.6 is 0 Å². The van der Waals surface area contributed by atoms with E-state index in [1.807, 2.05) is 19.2 Å². The third-order valence-electron chi connectivity index (χ3n) is 3.88. The average Bonchev–Trinajstić information content (AvgIpc) is 2.92. The Kier molecular flexibility index (Phi) is 5.80. The number of rotatable bonds is 7. The summed E-state index contributed by atoms with van der Waals surface area (Å²) in [6, 6.07) is 7.10. The molecule has 0 radical (unpaired) electrons. The van der Waals surface area contributed by atoms with Gasteiger partial charge in [-0.1, -0.05) is 18.2 Å². The standard InChI is InChI=1S/C16H24FNO/c1-18-12-13(8-9-15-6-4-10-19-15)11-14-5-2-3-7-16(14)17/h2-3,5,7,13,15,18H,4,6,8-12H2,1H3. The van der Waals surface area contributed by atoms with E-state index in [1.54, 1.807) is 12.1 Å². The normalized spacial score (nSPS) is 20.6.